The van der Waals surface area contributed by atoms with E-state index in [4.69, 9.17) is 0 Å². The summed E-state index contributed by atoms with van der Waals surface area (Å²) < 4.78 is 0. The normalized spacial score (nSPS) is 21.7. The van der Waals surface area contributed by atoms with E-state index in [1.54, 1.807) is 0 Å². The molecule has 1 aliphatic heterocycles. The number of fused-ring (bicyclic) bond motifs is 1. The van der Waals surface area contributed by atoms with E-state index in [9.17, 15) is 0 Å². The molecule has 0 amide bonds. The first kappa shape index (κ1) is 12.6. The molecular weight excluding hydrogens is 254 g/mol. The Kier molecular flexibility index (Phi) is 3.21. The van der Waals surface area contributed by atoms with Crippen LogP contribution < -0.4 is 5.32 Å². The molecule has 2 unspecified atom stereocenters. The summed E-state index contributed by atoms with van der Waals surface area (Å²) in [6, 6.07) is 26.7. The fraction of sp³-hybridized carbons (Fsp3) is 0.200. The summed E-state index contributed by atoms with van der Waals surface area (Å²) in [5.74, 6) is 0.567. The second kappa shape index (κ2) is 5.34. The van der Waals surface area contributed by atoms with Crippen molar-refractivity contribution in [2.45, 2.75) is 18.4 Å². The van der Waals surface area contributed by atoms with Crippen LogP contribution in [0.1, 0.15) is 29.5 Å². The van der Waals surface area contributed by atoms with Crippen molar-refractivity contribution in [2.75, 3.05) is 6.54 Å². The summed E-state index contributed by atoms with van der Waals surface area (Å²) >= 11 is 0. The van der Waals surface area contributed by atoms with Gasteiger partial charge >= 0.3 is 0 Å². The maximum absolute atomic E-state index is 3.71. The zero-order valence-electron chi connectivity index (χ0n) is 12.0. The van der Waals surface area contributed by atoms with Crippen LogP contribution in [0.25, 0.3) is 10.8 Å². The molecule has 3 aromatic rings. The molecule has 1 saturated heterocycles. The van der Waals surface area contributed by atoms with Gasteiger partial charge in [0, 0.05) is 12.0 Å². The molecule has 1 heteroatoms. The van der Waals surface area contributed by atoms with E-state index in [1.807, 2.05) is 0 Å². The molecule has 4 rings (SSSR count). The van der Waals surface area contributed by atoms with Crippen molar-refractivity contribution in [2.24, 2.45) is 0 Å². The Morgan fingerprint density at radius 3 is 2.43 bits per heavy atom. The van der Waals surface area contributed by atoms with E-state index in [-0.39, 0.29) is 0 Å². The largest absolute Gasteiger partial charge is 0.309 e. The average molecular weight is 273 g/mol. The number of nitrogens with one attached hydrogen (secondary N) is 1. The van der Waals surface area contributed by atoms with Gasteiger partial charge in [-0.15, -0.1) is 0 Å². The molecule has 0 saturated carbocycles. The van der Waals surface area contributed by atoms with E-state index >= 15 is 0 Å². The van der Waals surface area contributed by atoms with Gasteiger partial charge in [-0.3, -0.25) is 0 Å². The summed E-state index contributed by atoms with van der Waals surface area (Å²) in [5.41, 5.74) is 2.87. The molecule has 2 atom stereocenters. The molecule has 0 bridgehead atoms. The summed E-state index contributed by atoms with van der Waals surface area (Å²) in [6.45, 7) is 1.09. The van der Waals surface area contributed by atoms with Crippen LogP contribution in [-0.4, -0.2) is 6.54 Å². The summed E-state index contributed by atoms with van der Waals surface area (Å²) in [4.78, 5) is 0. The van der Waals surface area contributed by atoms with Crippen LogP contribution in [0.5, 0.6) is 0 Å². The van der Waals surface area contributed by atoms with E-state index in [0.29, 0.717) is 12.0 Å². The lowest BCUT2D eigenvalue weighted by Gasteiger charge is -2.22. The molecular formula is C20H19N. The van der Waals surface area contributed by atoms with Gasteiger partial charge in [0.2, 0.25) is 0 Å². The Morgan fingerprint density at radius 1 is 0.762 bits per heavy atom. The van der Waals surface area contributed by atoms with Gasteiger partial charge in [0.05, 0.1) is 0 Å². The molecule has 21 heavy (non-hydrogen) atoms. The second-order valence-corrected chi connectivity index (χ2v) is 5.81. The molecule has 104 valence electrons. The maximum atomic E-state index is 3.71. The first-order valence-electron chi connectivity index (χ1n) is 7.69. The van der Waals surface area contributed by atoms with Crippen molar-refractivity contribution in [3.8, 4) is 0 Å². The smallest absolute Gasteiger partial charge is 0.0396 e. The van der Waals surface area contributed by atoms with Crippen LogP contribution >= 0.6 is 0 Å². The van der Waals surface area contributed by atoms with Gasteiger partial charge in [0.15, 0.2) is 0 Å². The number of hydrogen-bond acceptors (Lipinski definition) is 1. The fourth-order valence-electron chi connectivity index (χ4n) is 3.61. The van der Waals surface area contributed by atoms with Gasteiger partial charge in [-0.05, 0) is 34.9 Å². The van der Waals surface area contributed by atoms with Crippen LogP contribution in [0.4, 0.5) is 0 Å². The van der Waals surface area contributed by atoms with E-state index in [1.165, 1.54) is 28.3 Å². The Bertz CT molecular complexity index is 743. The van der Waals surface area contributed by atoms with Crippen molar-refractivity contribution in [3.05, 3.63) is 83.9 Å². The lowest BCUT2D eigenvalue weighted by molar-refractivity contribution is 0.582. The second-order valence-electron chi connectivity index (χ2n) is 5.81. The highest BCUT2D eigenvalue weighted by Crippen LogP contribution is 2.39. The van der Waals surface area contributed by atoms with Crippen molar-refractivity contribution in [1.29, 1.82) is 0 Å². The number of hydrogen-bond donors (Lipinski definition) is 1. The van der Waals surface area contributed by atoms with Gasteiger partial charge in [0.1, 0.15) is 0 Å². The number of benzene rings is 3. The molecule has 0 spiro atoms. The lowest BCUT2D eigenvalue weighted by atomic mass is 9.86. The fourth-order valence-corrected chi connectivity index (χ4v) is 3.61. The minimum absolute atomic E-state index is 0.415. The van der Waals surface area contributed by atoms with Crippen LogP contribution in [0, 0.1) is 0 Å². The van der Waals surface area contributed by atoms with E-state index in [0.717, 1.165) is 6.54 Å². The van der Waals surface area contributed by atoms with Crippen molar-refractivity contribution >= 4 is 10.8 Å². The number of rotatable bonds is 2. The molecule has 1 heterocycles. The van der Waals surface area contributed by atoms with Crippen LogP contribution in [0.2, 0.25) is 0 Å². The van der Waals surface area contributed by atoms with Crippen molar-refractivity contribution in [1.82, 2.24) is 5.32 Å². The Balaban J connectivity index is 1.81. The van der Waals surface area contributed by atoms with Crippen molar-refractivity contribution in [3.63, 3.8) is 0 Å². The predicted molar refractivity (Wildman–Crippen MR) is 88.5 cm³/mol. The van der Waals surface area contributed by atoms with Crippen LogP contribution in [0.3, 0.4) is 0 Å². The molecule has 1 N–H and O–H groups in total. The SMILES string of the molecule is c1ccc(C2CCNC2c2cccc3ccccc23)cc1. The summed E-state index contributed by atoms with van der Waals surface area (Å²) in [5, 5.41) is 6.42. The molecule has 3 aromatic carbocycles. The zero-order valence-corrected chi connectivity index (χ0v) is 12.0. The minimum Gasteiger partial charge on any atom is -0.309 e. The Hall–Kier alpha value is -2.12. The highest BCUT2D eigenvalue weighted by atomic mass is 15.0. The van der Waals surface area contributed by atoms with Crippen LogP contribution in [0.15, 0.2) is 72.8 Å². The molecule has 1 aliphatic rings. The van der Waals surface area contributed by atoms with Gasteiger partial charge in [0.25, 0.3) is 0 Å². The van der Waals surface area contributed by atoms with Crippen LogP contribution in [-0.2, 0) is 0 Å². The van der Waals surface area contributed by atoms with E-state index in [2.05, 4.69) is 78.1 Å². The minimum atomic E-state index is 0.415. The van der Waals surface area contributed by atoms with E-state index < -0.39 is 0 Å². The third-order valence-electron chi connectivity index (χ3n) is 4.61. The van der Waals surface area contributed by atoms with Gasteiger partial charge in [-0.2, -0.15) is 0 Å². The molecule has 0 aliphatic carbocycles. The maximum Gasteiger partial charge on any atom is 0.0396 e. The topological polar surface area (TPSA) is 12.0 Å². The lowest BCUT2D eigenvalue weighted by Crippen LogP contribution is -2.17. The summed E-state index contributed by atoms with van der Waals surface area (Å²) in [6.07, 6.45) is 1.21. The van der Waals surface area contributed by atoms with Gasteiger partial charge in [-0.1, -0.05) is 72.8 Å². The Labute approximate surface area is 125 Å². The first-order valence-corrected chi connectivity index (χ1v) is 7.69. The molecule has 0 aromatic heterocycles. The van der Waals surface area contributed by atoms with Gasteiger partial charge < -0.3 is 5.32 Å². The zero-order chi connectivity index (χ0) is 14.1. The molecule has 0 radical (unpaired) electrons. The first-order chi connectivity index (χ1) is 10.4. The highest BCUT2D eigenvalue weighted by molar-refractivity contribution is 5.86. The third-order valence-corrected chi connectivity index (χ3v) is 4.61. The quantitative estimate of drug-likeness (QED) is 0.716. The highest BCUT2D eigenvalue weighted by Gasteiger charge is 2.30. The monoisotopic (exact) mass is 273 g/mol. The molecule has 1 fully saturated rings. The predicted octanol–water partition coefficient (Wildman–Crippen LogP) is 4.66. The van der Waals surface area contributed by atoms with Crippen molar-refractivity contribution < 1.29 is 0 Å². The standard InChI is InChI=1S/C20H19N/c1-2-7-16(8-3-1)18-13-14-21-20(18)19-12-6-10-15-9-4-5-11-17(15)19/h1-12,18,20-21H,13-14H2. The Morgan fingerprint density at radius 2 is 1.52 bits per heavy atom. The molecule has 1 nitrogen and oxygen atoms in total. The van der Waals surface area contributed by atoms with Gasteiger partial charge in [-0.25, -0.2) is 0 Å². The average Bonchev–Trinajstić information content (AvgIpc) is 3.04. The third kappa shape index (κ3) is 2.24. The summed E-state index contributed by atoms with van der Waals surface area (Å²) in [7, 11) is 0.